The fourth-order valence-corrected chi connectivity index (χ4v) is 14.1. The third-order valence-corrected chi connectivity index (χ3v) is 18.7. The second-order valence-electron chi connectivity index (χ2n) is 25.0. The molecule has 0 aromatic heterocycles. The first kappa shape index (κ1) is 64.6. The monoisotopic (exact) mass is 1120 g/mol. The number of aliphatic hydroxyl groups is 2. The lowest BCUT2D eigenvalue weighted by atomic mass is 9.78. The molecule has 0 saturated heterocycles. The van der Waals surface area contributed by atoms with E-state index in [1.807, 2.05) is 0 Å². The van der Waals surface area contributed by atoms with E-state index in [4.69, 9.17) is 0 Å². The third-order valence-electron chi connectivity index (χ3n) is 18.7. The van der Waals surface area contributed by atoms with Gasteiger partial charge < -0.3 is 15.3 Å². The number of unbranched alkanes of at least 4 members (excludes halogenated alkanes) is 32. The molecule has 450 valence electrons. The van der Waals surface area contributed by atoms with Crippen LogP contribution < -0.4 is 0 Å². The average molecular weight is 1130 g/mol. The van der Waals surface area contributed by atoms with Crippen molar-refractivity contribution >= 4 is 72.7 Å². The summed E-state index contributed by atoms with van der Waals surface area (Å²) in [5, 5.41) is 36.9. The Morgan fingerprint density at radius 1 is 0.354 bits per heavy atom. The largest absolute Gasteiger partial charge is 0.478 e. The molecule has 3 N–H and O–H groups in total. The molecule has 82 heavy (non-hydrogen) atoms. The zero-order valence-electron chi connectivity index (χ0n) is 51.3. The molecule has 0 atom stereocenters. The quantitative estimate of drug-likeness (QED) is 0.0115. The van der Waals surface area contributed by atoms with Crippen LogP contribution in [-0.4, -0.2) is 66.8 Å². The van der Waals surface area contributed by atoms with Crippen molar-refractivity contribution in [2.45, 2.75) is 303 Å². The molecular formula is C72H104N2O8. The summed E-state index contributed by atoms with van der Waals surface area (Å²) in [5.74, 6) is -3.04. The lowest BCUT2D eigenvalue weighted by Crippen LogP contribution is -2.47. The number of carbonyl (C=O) groups is 5. The zero-order valence-corrected chi connectivity index (χ0v) is 51.3. The van der Waals surface area contributed by atoms with Crippen LogP contribution >= 0.6 is 0 Å². The normalized spacial score (nSPS) is 13.7. The molecule has 0 radical (unpaired) electrons. The fourth-order valence-electron chi connectivity index (χ4n) is 14.1. The van der Waals surface area contributed by atoms with Gasteiger partial charge in [0.2, 0.25) is 0 Å². The van der Waals surface area contributed by atoms with Gasteiger partial charge in [0.05, 0.1) is 5.56 Å². The Hall–Kier alpha value is -4.93. The van der Waals surface area contributed by atoms with E-state index >= 15 is 19.2 Å². The molecule has 0 saturated carbocycles. The van der Waals surface area contributed by atoms with Gasteiger partial charge in [0.25, 0.3) is 23.6 Å². The number of amides is 4. The van der Waals surface area contributed by atoms with Crippen molar-refractivity contribution in [2.75, 3.05) is 0 Å². The predicted octanol–water partition coefficient (Wildman–Crippen LogP) is 20.0. The van der Waals surface area contributed by atoms with Gasteiger partial charge in [-0.15, -0.1) is 0 Å². The zero-order chi connectivity index (χ0) is 58.4. The van der Waals surface area contributed by atoms with E-state index in [9.17, 15) is 20.1 Å². The SMILES string of the molecule is CCCCCCCCCCCC(CCCCCCCCCCC)N1C(=O)c2ccc3c4c(C(O)O)cc5c6c(ccc(c7c(C(=O)O)cc(c2c37)C1=O)c64)C(=O)N(C(CCCCCCCCCCC)CCCCCCCCCCC)C5=O. The Morgan fingerprint density at radius 3 is 0.951 bits per heavy atom. The number of carboxylic acids is 1. The van der Waals surface area contributed by atoms with Gasteiger partial charge in [-0.25, -0.2) is 4.79 Å². The number of imide groups is 2. The second kappa shape index (κ2) is 33.5. The second-order valence-corrected chi connectivity index (χ2v) is 25.0. The van der Waals surface area contributed by atoms with E-state index in [1.54, 1.807) is 24.3 Å². The fraction of sp³-hybridized carbons (Fsp3) is 0.653. The van der Waals surface area contributed by atoms with Crippen LogP contribution in [0.1, 0.15) is 348 Å². The van der Waals surface area contributed by atoms with Crippen LogP contribution in [0.4, 0.5) is 0 Å². The first-order chi connectivity index (χ1) is 40.0. The number of hydrogen-bond acceptors (Lipinski definition) is 7. The minimum atomic E-state index is -2.06. The Bertz CT molecular complexity index is 2820. The highest BCUT2D eigenvalue weighted by Gasteiger charge is 2.42. The maximum absolute atomic E-state index is 15.3. The highest BCUT2D eigenvalue weighted by atomic mass is 16.5. The summed E-state index contributed by atoms with van der Waals surface area (Å²) in [7, 11) is 0. The minimum Gasteiger partial charge on any atom is -0.478 e. The van der Waals surface area contributed by atoms with E-state index in [0.717, 1.165) is 77.0 Å². The molecule has 0 aliphatic carbocycles. The van der Waals surface area contributed by atoms with Gasteiger partial charge in [-0.2, -0.15) is 0 Å². The van der Waals surface area contributed by atoms with Gasteiger partial charge in [-0.1, -0.05) is 271 Å². The first-order valence-electron chi connectivity index (χ1n) is 33.6. The van der Waals surface area contributed by atoms with Crippen LogP contribution in [0.2, 0.25) is 0 Å². The number of aliphatic hydroxyl groups excluding tert-OH is 1. The van der Waals surface area contributed by atoms with Crippen molar-refractivity contribution in [1.29, 1.82) is 0 Å². The van der Waals surface area contributed by atoms with Gasteiger partial charge in [-0.3, -0.25) is 29.0 Å². The number of hydrogen-bond donors (Lipinski definition) is 3. The summed E-state index contributed by atoms with van der Waals surface area (Å²) < 4.78 is 0. The number of carboxylic acid groups (broad SMARTS) is 1. The van der Waals surface area contributed by atoms with E-state index in [1.165, 1.54) is 176 Å². The molecule has 2 aliphatic rings. The lowest BCUT2D eigenvalue weighted by Gasteiger charge is -2.36. The average Bonchev–Trinajstić information content (AvgIpc) is 3.51. The van der Waals surface area contributed by atoms with E-state index in [-0.39, 0.29) is 39.7 Å². The van der Waals surface area contributed by atoms with E-state index in [0.29, 0.717) is 74.5 Å². The van der Waals surface area contributed by atoms with Gasteiger partial charge in [0, 0.05) is 56.1 Å². The molecule has 0 bridgehead atoms. The maximum Gasteiger partial charge on any atom is 0.336 e. The van der Waals surface area contributed by atoms with Crippen LogP contribution in [0.25, 0.3) is 43.1 Å². The maximum atomic E-state index is 15.3. The highest BCUT2D eigenvalue weighted by Crippen LogP contribution is 2.50. The van der Waals surface area contributed by atoms with E-state index in [2.05, 4.69) is 27.7 Å². The molecular weight excluding hydrogens is 1020 g/mol. The van der Waals surface area contributed by atoms with Gasteiger partial charge in [-0.05, 0) is 76.9 Å². The van der Waals surface area contributed by atoms with Crippen molar-refractivity contribution in [3.8, 4) is 0 Å². The van der Waals surface area contributed by atoms with Crippen molar-refractivity contribution in [3.05, 3.63) is 69.8 Å². The van der Waals surface area contributed by atoms with Gasteiger partial charge in [0.15, 0.2) is 6.29 Å². The van der Waals surface area contributed by atoms with Crippen LogP contribution in [0.5, 0.6) is 0 Å². The Balaban J connectivity index is 1.23. The smallest absolute Gasteiger partial charge is 0.336 e. The summed E-state index contributed by atoms with van der Waals surface area (Å²) in [6, 6.07) is 9.13. The van der Waals surface area contributed by atoms with Gasteiger partial charge in [0.1, 0.15) is 0 Å². The van der Waals surface area contributed by atoms with Gasteiger partial charge >= 0.3 is 5.97 Å². The Morgan fingerprint density at radius 2 is 0.634 bits per heavy atom. The molecule has 2 heterocycles. The minimum absolute atomic E-state index is 0.0401. The third kappa shape index (κ3) is 15.9. The molecule has 7 rings (SSSR count). The standard InChI is InChI=1S/C72H104N2O8/c1-5-9-13-17-21-25-29-33-37-41-51(42-38-34-30-26-22-18-14-10-6-2)73-67(75)55-47-45-53-62-60(72(81)82)50-58-64-56(48-46-54(66(62)64)61-59(71(79)80)49-57(69(73)77)63(55)65(53)61)68(76)74(70(58)78)52(43-39-35-31-27-23-19-15-11-7-3)44-40-36-32-28-24-20-16-12-8-4/h45-52,71,79-80H,5-44H2,1-4H3,(H,81,82). The lowest BCUT2D eigenvalue weighted by molar-refractivity contribution is -0.0412. The number of nitrogens with zero attached hydrogens (tertiary/aromatic N) is 2. The summed E-state index contributed by atoms with van der Waals surface area (Å²) in [6.45, 7) is 8.93. The van der Waals surface area contributed by atoms with Crippen LogP contribution in [0.15, 0.2) is 36.4 Å². The molecule has 2 aliphatic heterocycles. The molecule has 5 aromatic rings. The Labute approximate surface area is 492 Å². The van der Waals surface area contributed by atoms with Crippen LogP contribution in [0, 0.1) is 0 Å². The summed E-state index contributed by atoms with van der Waals surface area (Å²) in [5.41, 5.74) is 0.851. The molecule has 10 nitrogen and oxygen atoms in total. The van der Waals surface area contributed by atoms with E-state index < -0.39 is 35.9 Å². The highest BCUT2D eigenvalue weighted by molar-refractivity contribution is 6.43. The molecule has 0 spiro atoms. The molecule has 4 amide bonds. The Kier molecular flexibility index (Phi) is 26.4. The molecule has 5 aromatic carbocycles. The summed E-state index contributed by atoms with van der Waals surface area (Å²) in [6.07, 6.45) is 42.4. The number of fused-ring (bicyclic) bond motifs is 2. The van der Waals surface area contributed by atoms with Crippen molar-refractivity contribution in [2.24, 2.45) is 0 Å². The summed E-state index contributed by atoms with van der Waals surface area (Å²) in [4.78, 5) is 77.5. The number of benzene rings is 5. The van der Waals surface area contributed by atoms with Crippen molar-refractivity contribution in [3.63, 3.8) is 0 Å². The molecule has 10 heteroatoms. The van der Waals surface area contributed by atoms with Crippen molar-refractivity contribution < 1.29 is 39.3 Å². The summed E-state index contributed by atoms with van der Waals surface area (Å²) >= 11 is 0. The number of rotatable bonds is 44. The molecule has 0 unspecified atom stereocenters. The number of carbonyl (C=O) groups excluding carboxylic acids is 4. The van der Waals surface area contributed by atoms with Crippen LogP contribution in [-0.2, 0) is 0 Å². The van der Waals surface area contributed by atoms with Crippen molar-refractivity contribution in [1.82, 2.24) is 9.80 Å². The topological polar surface area (TPSA) is 153 Å². The first-order valence-corrected chi connectivity index (χ1v) is 33.6. The molecule has 0 fully saturated rings. The predicted molar refractivity (Wildman–Crippen MR) is 338 cm³/mol. The number of aromatic carboxylic acids is 1. The van der Waals surface area contributed by atoms with Crippen LogP contribution in [0.3, 0.4) is 0 Å².